The summed E-state index contributed by atoms with van der Waals surface area (Å²) in [7, 11) is -1.15. The van der Waals surface area contributed by atoms with Gasteiger partial charge in [0.25, 0.3) is 10.0 Å². The van der Waals surface area contributed by atoms with Crippen molar-refractivity contribution in [3.63, 3.8) is 0 Å². The van der Waals surface area contributed by atoms with Crippen LogP contribution < -0.4 is 14.2 Å². The van der Waals surface area contributed by atoms with Crippen LogP contribution in [0.2, 0.25) is 5.02 Å². The van der Waals surface area contributed by atoms with E-state index < -0.39 is 15.8 Å². The molecule has 2 aromatic carbocycles. The van der Waals surface area contributed by atoms with Crippen LogP contribution in [0.5, 0.6) is 11.5 Å². The number of nitrogens with zero attached hydrogens (tertiary/aromatic N) is 2. The van der Waals surface area contributed by atoms with Crippen LogP contribution in [0.25, 0.3) is 0 Å². The Morgan fingerprint density at radius 3 is 2.50 bits per heavy atom. The highest BCUT2D eigenvalue weighted by Crippen LogP contribution is 2.31. The maximum absolute atomic E-state index is 13.3. The van der Waals surface area contributed by atoms with Gasteiger partial charge in [-0.2, -0.15) is 5.10 Å². The minimum Gasteiger partial charge on any atom is -0.497 e. The van der Waals surface area contributed by atoms with E-state index in [1.807, 2.05) is 0 Å². The minimum absolute atomic E-state index is 0.0579. The SMILES string of the molecule is COc1ccc(OC)c(S(=O)(=O)Nc2c(C)nn(Cc3ccc(F)cc3Cl)c2C)c1. The van der Waals surface area contributed by atoms with Crippen molar-refractivity contribution in [3.05, 3.63) is 64.2 Å². The molecule has 3 aromatic rings. The molecular formula is C20H21ClFN3O4S. The predicted octanol–water partition coefficient (Wildman–Crippen LogP) is 4.16. The lowest BCUT2D eigenvalue weighted by Crippen LogP contribution is -2.15. The summed E-state index contributed by atoms with van der Waals surface area (Å²) in [6.07, 6.45) is 0. The van der Waals surface area contributed by atoms with Crippen molar-refractivity contribution in [2.75, 3.05) is 18.9 Å². The summed E-state index contributed by atoms with van der Waals surface area (Å²) in [6, 6.07) is 8.62. The molecule has 0 unspecified atom stereocenters. The molecule has 0 aliphatic heterocycles. The highest BCUT2D eigenvalue weighted by molar-refractivity contribution is 7.92. The van der Waals surface area contributed by atoms with Gasteiger partial charge < -0.3 is 9.47 Å². The maximum Gasteiger partial charge on any atom is 0.265 e. The fourth-order valence-electron chi connectivity index (χ4n) is 2.99. The van der Waals surface area contributed by atoms with Crippen LogP contribution in [0, 0.1) is 19.7 Å². The summed E-state index contributed by atoms with van der Waals surface area (Å²) in [5.74, 6) is 0.133. The summed E-state index contributed by atoms with van der Waals surface area (Å²) in [6.45, 7) is 3.69. The van der Waals surface area contributed by atoms with E-state index in [2.05, 4.69) is 9.82 Å². The largest absolute Gasteiger partial charge is 0.497 e. The molecular weight excluding hydrogens is 433 g/mol. The standard InChI is InChI=1S/C20H21ClFN3O4S/c1-12-20(13(2)25(23-12)11-14-5-6-15(22)9-17(14)21)24-30(26,27)19-10-16(28-3)7-8-18(19)29-4/h5-10,24H,11H2,1-4H3. The highest BCUT2D eigenvalue weighted by Gasteiger charge is 2.24. The number of benzene rings is 2. The Labute approximate surface area is 179 Å². The molecule has 30 heavy (non-hydrogen) atoms. The molecule has 1 heterocycles. The fraction of sp³-hybridized carbons (Fsp3) is 0.250. The smallest absolute Gasteiger partial charge is 0.265 e. The number of halogens is 2. The molecule has 0 amide bonds. The van der Waals surface area contributed by atoms with Crippen molar-refractivity contribution in [2.45, 2.75) is 25.3 Å². The third kappa shape index (κ3) is 4.36. The molecule has 0 saturated heterocycles. The third-order valence-corrected chi connectivity index (χ3v) is 6.34. The zero-order chi connectivity index (χ0) is 22.1. The Bertz CT molecular complexity index is 1200. The van der Waals surface area contributed by atoms with E-state index in [-0.39, 0.29) is 22.2 Å². The first-order valence-electron chi connectivity index (χ1n) is 8.89. The monoisotopic (exact) mass is 453 g/mol. The maximum atomic E-state index is 13.3. The number of aromatic nitrogens is 2. The van der Waals surface area contributed by atoms with Gasteiger partial charge in [0.15, 0.2) is 0 Å². The molecule has 0 spiro atoms. The van der Waals surface area contributed by atoms with Gasteiger partial charge in [-0.25, -0.2) is 12.8 Å². The summed E-state index contributed by atoms with van der Waals surface area (Å²) < 4.78 is 54.0. The molecule has 0 bridgehead atoms. The summed E-state index contributed by atoms with van der Waals surface area (Å²) >= 11 is 6.11. The first-order valence-corrected chi connectivity index (χ1v) is 10.7. The second-order valence-corrected chi connectivity index (χ2v) is 8.62. The topological polar surface area (TPSA) is 82.4 Å². The normalized spacial score (nSPS) is 11.4. The van der Waals surface area contributed by atoms with Crippen LogP contribution in [0.15, 0.2) is 41.3 Å². The summed E-state index contributed by atoms with van der Waals surface area (Å²) in [5.41, 5.74) is 2.07. The van der Waals surface area contributed by atoms with Crippen LogP contribution in [0.4, 0.5) is 10.1 Å². The third-order valence-electron chi connectivity index (χ3n) is 4.61. The van der Waals surface area contributed by atoms with E-state index in [1.165, 1.54) is 38.5 Å². The number of rotatable bonds is 7. The van der Waals surface area contributed by atoms with E-state index in [9.17, 15) is 12.8 Å². The van der Waals surface area contributed by atoms with Crippen LogP contribution in [-0.2, 0) is 16.6 Å². The molecule has 0 aliphatic rings. The number of nitrogens with one attached hydrogen (secondary N) is 1. The van der Waals surface area contributed by atoms with E-state index in [0.717, 1.165) is 0 Å². The van der Waals surface area contributed by atoms with Gasteiger partial charge in [0, 0.05) is 11.1 Å². The molecule has 0 radical (unpaired) electrons. The molecule has 0 saturated carbocycles. The fourth-order valence-corrected chi connectivity index (χ4v) is 4.58. The molecule has 0 aliphatic carbocycles. The van der Waals surface area contributed by atoms with Crippen molar-refractivity contribution in [1.82, 2.24) is 9.78 Å². The van der Waals surface area contributed by atoms with Gasteiger partial charge in [0.1, 0.15) is 22.2 Å². The summed E-state index contributed by atoms with van der Waals surface area (Å²) in [4.78, 5) is -0.0579. The number of ether oxygens (including phenoxy) is 2. The van der Waals surface area contributed by atoms with Crippen LogP contribution in [-0.4, -0.2) is 32.4 Å². The average molecular weight is 454 g/mol. The Kier molecular flexibility index (Phi) is 6.23. The number of hydrogen-bond acceptors (Lipinski definition) is 5. The van der Waals surface area contributed by atoms with E-state index >= 15 is 0 Å². The van der Waals surface area contributed by atoms with E-state index in [1.54, 1.807) is 30.7 Å². The van der Waals surface area contributed by atoms with Crippen molar-refractivity contribution in [1.29, 1.82) is 0 Å². The van der Waals surface area contributed by atoms with Crippen molar-refractivity contribution >= 4 is 27.3 Å². The number of sulfonamides is 1. The van der Waals surface area contributed by atoms with E-state index in [0.29, 0.717) is 28.4 Å². The number of hydrogen-bond donors (Lipinski definition) is 1. The van der Waals surface area contributed by atoms with Crippen LogP contribution >= 0.6 is 11.6 Å². The molecule has 0 atom stereocenters. The lowest BCUT2D eigenvalue weighted by molar-refractivity contribution is 0.392. The van der Waals surface area contributed by atoms with Gasteiger partial charge in [0.05, 0.1) is 37.8 Å². The van der Waals surface area contributed by atoms with Crippen LogP contribution in [0.1, 0.15) is 17.0 Å². The molecule has 3 rings (SSSR count). The Hall–Kier alpha value is -2.78. The van der Waals surface area contributed by atoms with Gasteiger partial charge in [-0.3, -0.25) is 9.40 Å². The molecule has 1 N–H and O–H groups in total. The van der Waals surface area contributed by atoms with Gasteiger partial charge >= 0.3 is 0 Å². The molecule has 0 fully saturated rings. The highest BCUT2D eigenvalue weighted by atomic mass is 35.5. The Balaban J connectivity index is 1.96. The lowest BCUT2D eigenvalue weighted by atomic mass is 10.2. The molecule has 7 nitrogen and oxygen atoms in total. The predicted molar refractivity (Wildman–Crippen MR) is 113 cm³/mol. The quantitative estimate of drug-likeness (QED) is 0.580. The van der Waals surface area contributed by atoms with Crippen molar-refractivity contribution in [2.24, 2.45) is 0 Å². The second kappa shape index (κ2) is 8.53. The van der Waals surface area contributed by atoms with Crippen molar-refractivity contribution in [3.8, 4) is 11.5 Å². The number of anilines is 1. The van der Waals surface area contributed by atoms with E-state index in [4.69, 9.17) is 21.1 Å². The molecule has 1 aromatic heterocycles. The Morgan fingerprint density at radius 1 is 1.13 bits per heavy atom. The zero-order valence-corrected chi connectivity index (χ0v) is 18.4. The van der Waals surface area contributed by atoms with Crippen LogP contribution in [0.3, 0.4) is 0 Å². The number of aryl methyl sites for hydroxylation is 1. The lowest BCUT2D eigenvalue weighted by Gasteiger charge is -2.13. The first kappa shape index (κ1) is 21.9. The average Bonchev–Trinajstić information content (AvgIpc) is 2.96. The minimum atomic E-state index is -3.99. The first-order chi connectivity index (χ1) is 14.2. The summed E-state index contributed by atoms with van der Waals surface area (Å²) in [5, 5.41) is 4.67. The Morgan fingerprint density at radius 2 is 1.87 bits per heavy atom. The van der Waals surface area contributed by atoms with Gasteiger partial charge in [-0.05, 0) is 43.7 Å². The van der Waals surface area contributed by atoms with Gasteiger partial charge in [-0.1, -0.05) is 17.7 Å². The van der Waals surface area contributed by atoms with Gasteiger partial charge in [0.2, 0.25) is 0 Å². The second-order valence-electron chi connectivity index (χ2n) is 6.56. The molecule has 10 heteroatoms. The molecule has 160 valence electrons. The zero-order valence-electron chi connectivity index (χ0n) is 16.9. The number of methoxy groups -OCH3 is 2. The van der Waals surface area contributed by atoms with Gasteiger partial charge in [-0.15, -0.1) is 0 Å². The van der Waals surface area contributed by atoms with Crippen molar-refractivity contribution < 1.29 is 22.3 Å².